The minimum absolute atomic E-state index is 0.527. The van der Waals surface area contributed by atoms with E-state index < -0.39 is 30.4 Å². The van der Waals surface area contributed by atoms with Crippen LogP contribution in [0.4, 0.5) is 0 Å². The first-order valence-corrected chi connectivity index (χ1v) is 3.67. The maximum absolute atomic E-state index is 10.8. The summed E-state index contributed by atoms with van der Waals surface area (Å²) in [5, 5.41) is 18.4. The van der Waals surface area contributed by atoms with Gasteiger partial charge in [0.05, 0.1) is 0 Å². The molecule has 2 N–H and O–H groups in total. The number of aliphatic hydroxyl groups excluding tert-OH is 2. The molecule has 1 aliphatic rings. The topological polar surface area (TPSA) is 76.0 Å². The molecule has 1 fully saturated rings. The fourth-order valence-electron chi connectivity index (χ4n) is 1.25. The molecule has 12 heavy (non-hydrogen) atoms. The van der Waals surface area contributed by atoms with Crippen LogP contribution in [0.25, 0.3) is 0 Å². The number of aliphatic hydroxyl groups is 2. The van der Waals surface area contributed by atoms with Crippen LogP contribution in [0.1, 0.15) is 6.92 Å². The summed E-state index contributed by atoms with van der Waals surface area (Å²) in [6.07, 6.45) is -3.88. The summed E-state index contributed by atoms with van der Waals surface area (Å²) in [7, 11) is 1.39. The van der Waals surface area contributed by atoms with Crippen molar-refractivity contribution >= 4 is 5.97 Å². The fourth-order valence-corrected chi connectivity index (χ4v) is 1.25. The molecule has 5 heteroatoms. The summed E-state index contributed by atoms with van der Waals surface area (Å²) in [6, 6.07) is 0. The summed E-state index contributed by atoms with van der Waals surface area (Å²) >= 11 is 0. The van der Waals surface area contributed by atoms with Crippen LogP contribution in [0.5, 0.6) is 0 Å². The van der Waals surface area contributed by atoms with Crippen molar-refractivity contribution in [3.05, 3.63) is 0 Å². The minimum Gasteiger partial charge on any atom is -0.458 e. The van der Waals surface area contributed by atoms with Gasteiger partial charge in [0, 0.05) is 7.11 Å². The van der Waals surface area contributed by atoms with Crippen molar-refractivity contribution in [2.24, 2.45) is 0 Å². The Morgan fingerprint density at radius 2 is 2.08 bits per heavy atom. The summed E-state index contributed by atoms with van der Waals surface area (Å²) in [6.45, 7) is 1.60. The Morgan fingerprint density at radius 1 is 1.50 bits per heavy atom. The van der Waals surface area contributed by atoms with Gasteiger partial charge in [0.15, 0.2) is 6.10 Å². The van der Waals surface area contributed by atoms with Gasteiger partial charge in [-0.3, -0.25) is 0 Å². The molecule has 1 saturated heterocycles. The highest BCUT2D eigenvalue weighted by molar-refractivity contribution is 5.76. The van der Waals surface area contributed by atoms with E-state index in [4.69, 9.17) is 14.6 Å². The lowest BCUT2D eigenvalue weighted by atomic mass is 10.0. The Morgan fingerprint density at radius 3 is 2.58 bits per heavy atom. The summed E-state index contributed by atoms with van der Waals surface area (Å²) in [5.74, 6) is -0.802. The van der Waals surface area contributed by atoms with Gasteiger partial charge in [-0.1, -0.05) is 0 Å². The molecule has 0 aliphatic carbocycles. The Hall–Kier alpha value is -0.650. The summed E-state index contributed by atoms with van der Waals surface area (Å²) in [4.78, 5) is 10.8. The number of rotatable bonds is 1. The van der Waals surface area contributed by atoms with Gasteiger partial charge in [0.2, 0.25) is 0 Å². The van der Waals surface area contributed by atoms with Gasteiger partial charge in [-0.05, 0) is 6.92 Å². The third kappa shape index (κ3) is 1.43. The van der Waals surface area contributed by atoms with Crippen LogP contribution in [0, 0.1) is 0 Å². The third-order valence-electron chi connectivity index (χ3n) is 1.94. The molecular weight excluding hydrogens is 164 g/mol. The van der Waals surface area contributed by atoms with Gasteiger partial charge in [0.25, 0.3) is 0 Å². The van der Waals surface area contributed by atoms with Crippen LogP contribution < -0.4 is 0 Å². The number of carbonyl (C=O) groups is 1. The Labute approximate surface area is 69.9 Å². The molecule has 0 radical (unpaired) electrons. The van der Waals surface area contributed by atoms with Crippen LogP contribution in [-0.4, -0.2) is 47.7 Å². The van der Waals surface area contributed by atoms with Crippen molar-refractivity contribution in [3.63, 3.8) is 0 Å². The lowest BCUT2D eigenvalue weighted by Crippen LogP contribution is -2.55. The Bertz CT molecular complexity index is 181. The summed E-state index contributed by atoms with van der Waals surface area (Å²) in [5.41, 5.74) is 0. The minimum atomic E-state index is -1.49. The van der Waals surface area contributed by atoms with Crippen LogP contribution in [-0.2, 0) is 14.3 Å². The second-order valence-electron chi connectivity index (χ2n) is 2.78. The van der Waals surface area contributed by atoms with Crippen LogP contribution >= 0.6 is 0 Å². The van der Waals surface area contributed by atoms with E-state index in [1.165, 1.54) is 7.11 Å². The normalized spacial score (nSPS) is 42.5. The van der Waals surface area contributed by atoms with Gasteiger partial charge in [0.1, 0.15) is 18.3 Å². The molecule has 4 unspecified atom stereocenters. The van der Waals surface area contributed by atoms with Gasteiger partial charge < -0.3 is 19.7 Å². The zero-order valence-corrected chi connectivity index (χ0v) is 6.93. The fraction of sp³-hybridized carbons (Fsp3) is 0.857. The monoisotopic (exact) mass is 176 g/mol. The van der Waals surface area contributed by atoms with Crippen LogP contribution in [0.2, 0.25) is 0 Å². The molecule has 70 valence electrons. The highest BCUT2D eigenvalue weighted by Crippen LogP contribution is 2.18. The largest absolute Gasteiger partial charge is 0.458 e. The molecule has 0 bridgehead atoms. The Balaban J connectivity index is 2.72. The first-order valence-electron chi connectivity index (χ1n) is 3.67. The lowest BCUT2D eigenvalue weighted by Gasteiger charge is -2.34. The van der Waals surface area contributed by atoms with Gasteiger partial charge in [-0.15, -0.1) is 0 Å². The number of hydrogen-bond acceptors (Lipinski definition) is 5. The predicted octanol–water partition coefficient (Wildman–Crippen LogP) is -1.33. The molecule has 0 amide bonds. The average molecular weight is 176 g/mol. The molecule has 1 heterocycles. The standard InChI is InChI=1S/C7H12O5/c1-3-6(11-2)4(8)5(9)7(10)12-3/h3-6,8-9H,1-2H3. The number of esters is 1. The molecule has 1 aliphatic heterocycles. The van der Waals surface area contributed by atoms with Crippen molar-refractivity contribution in [3.8, 4) is 0 Å². The van der Waals surface area contributed by atoms with E-state index in [1.54, 1.807) is 6.92 Å². The van der Waals surface area contributed by atoms with Crippen LogP contribution in [0.3, 0.4) is 0 Å². The van der Waals surface area contributed by atoms with E-state index in [0.29, 0.717) is 0 Å². The molecule has 0 saturated carbocycles. The molecule has 0 spiro atoms. The number of carbonyl (C=O) groups excluding carboxylic acids is 1. The van der Waals surface area contributed by atoms with E-state index in [0.717, 1.165) is 0 Å². The van der Waals surface area contributed by atoms with Crippen molar-refractivity contribution in [2.75, 3.05) is 7.11 Å². The highest BCUT2D eigenvalue weighted by atomic mass is 16.6. The van der Waals surface area contributed by atoms with Crippen molar-refractivity contribution in [2.45, 2.75) is 31.3 Å². The van der Waals surface area contributed by atoms with E-state index >= 15 is 0 Å². The molecule has 0 aromatic carbocycles. The third-order valence-corrected chi connectivity index (χ3v) is 1.94. The van der Waals surface area contributed by atoms with Gasteiger partial charge in [-0.25, -0.2) is 4.79 Å². The number of methoxy groups -OCH3 is 1. The van der Waals surface area contributed by atoms with Crippen LogP contribution in [0.15, 0.2) is 0 Å². The van der Waals surface area contributed by atoms with Crippen molar-refractivity contribution in [1.29, 1.82) is 0 Å². The molecule has 1 rings (SSSR count). The summed E-state index contributed by atoms with van der Waals surface area (Å²) < 4.78 is 9.55. The number of cyclic esters (lactones) is 1. The zero-order chi connectivity index (χ0) is 9.30. The smallest absolute Gasteiger partial charge is 0.338 e. The second-order valence-corrected chi connectivity index (χ2v) is 2.78. The maximum Gasteiger partial charge on any atom is 0.338 e. The quantitative estimate of drug-likeness (QED) is 0.484. The molecule has 0 aromatic rings. The highest BCUT2D eigenvalue weighted by Gasteiger charge is 2.42. The number of hydrogen-bond donors (Lipinski definition) is 2. The number of ether oxygens (including phenoxy) is 2. The van der Waals surface area contributed by atoms with E-state index in [2.05, 4.69) is 0 Å². The van der Waals surface area contributed by atoms with E-state index in [1.807, 2.05) is 0 Å². The average Bonchev–Trinajstić information content (AvgIpc) is 2.01. The van der Waals surface area contributed by atoms with Crippen molar-refractivity contribution < 1.29 is 24.5 Å². The van der Waals surface area contributed by atoms with Gasteiger partial charge in [-0.2, -0.15) is 0 Å². The maximum atomic E-state index is 10.8. The molecular formula is C7H12O5. The first kappa shape index (κ1) is 9.44. The second kappa shape index (κ2) is 3.38. The van der Waals surface area contributed by atoms with Crippen molar-refractivity contribution in [1.82, 2.24) is 0 Å². The lowest BCUT2D eigenvalue weighted by molar-refractivity contribution is -0.203. The van der Waals surface area contributed by atoms with Gasteiger partial charge >= 0.3 is 5.97 Å². The molecule has 5 nitrogen and oxygen atoms in total. The predicted molar refractivity (Wildman–Crippen MR) is 38.4 cm³/mol. The zero-order valence-electron chi connectivity index (χ0n) is 6.93. The first-order chi connectivity index (χ1) is 5.57. The Kier molecular flexibility index (Phi) is 2.66. The SMILES string of the molecule is COC1C(C)OC(=O)C(O)C1O. The van der Waals surface area contributed by atoms with E-state index in [9.17, 15) is 9.90 Å². The van der Waals surface area contributed by atoms with E-state index in [-0.39, 0.29) is 0 Å². The molecule has 4 atom stereocenters. The molecule has 0 aromatic heterocycles.